The van der Waals surface area contributed by atoms with Crippen LogP contribution in [0.3, 0.4) is 0 Å². The summed E-state index contributed by atoms with van der Waals surface area (Å²) in [6.45, 7) is 0.830. The van der Waals surface area contributed by atoms with Gasteiger partial charge in [-0.3, -0.25) is 0 Å². The maximum absolute atomic E-state index is 9.67. The Morgan fingerprint density at radius 3 is 1.36 bits per heavy atom. The van der Waals surface area contributed by atoms with Gasteiger partial charge in [-0.05, 0) is 99.8 Å². The van der Waals surface area contributed by atoms with Gasteiger partial charge in [0.15, 0.2) is 23.0 Å². The minimum atomic E-state index is -0.209. The first-order valence-corrected chi connectivity index (χ1v) is 10.3. The smallest absolute Gasteiger partial charge is 0.173 e. The van der Waals surface area contributed by atoms with Gasteiger partial charge in [-0.15, -0.1) is 0 Å². The molecule has 0 radical (unpaired) electrons. The molecule has 0 aliphatic heterocycles. The first-order valence-electron chi connectivity index (χ1n) is 7.09. The lowest BCUT2D eigenvalue weighted by Crippen LogP contribution is -2.04. The van der Waals surface area contributed by atoms with Crippen molar-refractivity contribution in [3.63, 3.8) is 0 Å². The van der Waals surface area contributed by atoms with Crippen LogP contribution in [-0.2, 0) is 17.6 Å². The third-order valence-electron chi connectivity index (χ3n) is 3.50. The highest BCUT2D eigenvalue weighted by Crippen LogP contribution is 2.42. The summed E-state index contributed by atoms with van der Waals surface area (Å²) in [4.78, 5) is 0. The zero-order valence-electron chi connectivity index (χ0n) is 12.7. The molecule has 136 valence electrons. The summed E-state index contributed by atoms with van der Waals surface area (Å²) in [5.74, 6) is -0.810. The first kappa shape index (κ1) is 20.8. The number of hydrogen-bond donors (Lipinski definition) is 4. The van der Waals surface area contributed by atoms with E-state index >= 15 is 0 Å². The van der Waals surface area contributed by atoms with Crippen molar-refractivity contribution in [1.82, 2.24) is 0 Å². The molecular formula is C16H14Br4O5. The summed E-state index contributed by atoms with van der Waals surface area (Å²) in [6.07, 6.45) is 1.08. The molecule has 0 heterocycles. The molecule has 0 bridgehead atoms. The van der Waals surface area contributed by atoms with E-state index < -0.39 is 0 Å². The van der Waals surface area contributed by atoms with Crippen LogP contribution in [0.25, 0.3) is 0 Å². The van der Waals surface area contributed by atoms with Gasteiger partial charge < -0.3 is 25.2 Å². The average Bonchev–Trinajstić information content (AvgIpc) is 2.59. The van der Waals surface area contributed by atoms with Gasteiger partial charge >= 0.3 is 0 Å². The minimum Gasteiger partial charge on any atom is -0.504 e. The van der Waals surface area contributed by atoms with Crippen molar-refractivity contribution in [1.29, 1.82) is 0 Å². The Balaban J connectivity index is 1.91. The van der Waals surface area contributed by atoms with Crippen molar-refractivity contribution in [3.05, 3.63) is 41.2 Å². The zero-order chi connectivity index (χ0) is 18.7. The van der Waals surface area contributed by atoms with E-state index in [4.69, 9.17) is 4.74 Å². The summed E-state index contributed by atoms with van der Waals surface area (Å²) in [6, 6.07) is 2.97. The Hall–Kier alpha value is -0.480. The molecule has 0 aromatic heterocycles. The molecule has 4 N–H and O–H groups in total. The summed E-state index contributed by atoms with van der Waals surface area (Å²) in [5.41, 5.74) is 1.60. The van der Waals surface area contributed by atoms with Crippen molar-refractivity contribution in [3.8, 4) is 23.0 Å². The normalized spacial score (nSPS) is 11.0. The Morgan fingerprint density at radius 1 is 0.640 bits per heavy atom. The van der Waals surface area contributed by atoms with Crippen LogP contribution < -0.4 is 0 Å². The standard InChI is InChI=1S/C16H14Br4O5/c17-11-7(5-9(21)15(23)13(11)19)1-3-25-4-2-8-6-10(22)16(24)14(20)12(8)18/h5-6,21-24H,1-4H2. The lowest BCUT2D eigenvalue weighted by atomic mass is 10.1. The molecule has 0 atom stereocenters. The van der Waals surface area contributed by atoms with Crippen LogP contribution in [-0.4, -0.2) is 33.6 Å². The minimum absolute atomic E-state index is 0.196. The molecule has 0 unspecified atom stereocenters. The van der Waals surface area contributed by atoms with Gasteiger partial charge in [0.05, 0.1) is 22.2 Å². The second-order valence-electron chi connectivity index (χ2n) is 5.18. The number of phenols is 4. The monoisotopic (exact) mass is 602 g/mol. The van der Waals surface area contributed by atoms with Gasteiger partial charge in [0, 0.05) is 8.95 Å². The van der Waals surface area contributed by atoms with E-state index in [0.29, 0.717) is 43.9 Å². The quantitative estimate of drug-likeness (QED) is 0.263. The van der Waals surface area contributed by atoms with Crippen LogP contribution in [0.1, 0.15) is 11.1 Å². The topological polar surface area (TPSA) is 90.2 Å². The molecule has 0 spiro atoms. The Kier molecular flexibility index (Phi) is 7.45. The molecule has 0 fully saturated rings. The lowest BCUT2D eigenvalue weighted by Gasteiger charge is -2.12. The number of hydrogen-bond acceptors (Lipinski definition) is 5. The molecule has 25 heavy (non-hydrogen) atoms. The van der Waals surface area contributed by atoms with Gasteiger partial charge in [-0.2, -0.15) is 0 Å². The van der Waals surface area contributed by atoms with Gasteiger partial charge in [0.1, 0.15) is 0 Å². The SMILES string of the molecule is Oc1cc(CCOCCc2cc(O)c(O)c(Br)c2Br)c(Br)c(Br)c1O. The number of halogens is 4. The molecule has 2 rings (SSSR count). The van der Waals surface area contributed by atoms with E-state index in [1.165, 1.54) is 12.1 Å². The van der Waals surface area contributed by atoms with Crippen molar-refractivity contribution < 1.29 is 25.2 Å². The molecule has 0 aliphatic carbocycles. The molecular weight excluding hydrogens is 592 g/mol. The van der Waals surface area contributed by atoms with E-state index in [0.717, 1.165) is 11.1 Å². The van der Waals surface area contributed by atoms with E-state index in [2.05, 4.69) is 63.7 Å². The number of benzene rings is 2. The summed E-state index contributed by atoms with van der Waals surface area (Å²) < 4.78 is 7.74. The van der Waals surface area contributed by atoms with Crippen molar-refractivity contribution in [2.24, 2.45) is 0 Å². The number of rotatable bonds is 6. The molecule has 9 heteroatoms. The van der Waals surface area contributed by atoms with Gasteiger partial charge in [0.25, 0.3) is 0 Å². The zero-order valence-corrected chi connectivity index (χ0v) is 19.0. The summed E-state index contributed by atoms with van der Waals surface area (Å²) in [7, 11) is 0. The van der Waals surface area contributed by atoms with Crippen LogP contribution in [0, 0.1) is 0 Å². The highest BCUT2D eigenvalue weighted by atomic mass is 79.9. The Labute approximate surface area is 178 Å². The third kappa shape index (κ3) is 4.82. The molecule has 0 saturated carbocycles. The summed E-state index contributed by atoms with van der Waals surface area (Å²) in [5, 5.41) is 38.6. The fourth-order valence-corrected chi connectivity index (χ4v) is 4.05. The van der Waals surface area contributed by atoms with Crippen molar-refractivity contribution in [2.75, 3.05) is 13.2 Å². The van der Waals surface area contributed by atoms with Gasteiger partial charge in [-0.1, -0.05) is 0 Å². The number of aromatic hydroxyl groups is 4. The molecule has 2 aromatic rings. The predicted molar refractivity (Wildman–Crippen MR) is 109 cm³/mol. The van der Waals surface area contributed by atoms with Crippen LogP contribution in [0.15, 0.2) is 30.0 Å². The van der Waals surface area contributed by atoms with Crippen molar-refractivity contribution >= 4 is 63.7 Å². The predicted octanol–water partition coefficient (Wildman–Crippen LogP) is 5.36. The van der Waals surface area contributed by atoms with Crippen LogP contribution in [0.2, 0.25) is 0 Å². The van der Waals surface area contributed by atoms with E-state index in [-0.39, 0.29) is 23.0 Å². The maximum atomic E-state index is 9.67. The maximum Gasteiger partial charge on any atom is 0.173 e. The van der Waals surface area contributed by atoms with E-state index in [1.54, 1.807) is 0 Å². The highest BCUT2D eigenvalue weighted by molar-refractivity contribution is 9.13. The first-order chi connectivity index (χ1) is 11.7. The Morgan fingerprint density at radius 2 is 1.00 bits per heavy atom. The van der Waals surface area contributed by atoms with Crippen LogP contribution in [0.4, 0.5) is 0 Å². The van der Waals surface area contributed by atoms with E-state index in [1.807, 2.05) is 0 Å². The second kappa shape index (κ2) is 8.94. The lowest BCUT2D eigenvalue weighted by molar-refractivity contribution is 0.140. The van der Waals surface area contributed by atoms with Gasteiger partial charge in [0.2, 0.25) is 0 Å². The summed E-state index contributed by atoms with van der Waals surface area (Å²) >= 11 is 13.2. The molecule has 2 aromatic carbocycles. The fourth-order valence-electron chi connectivity index (χ4n) is 2.14. The average molecular weight is 606 g/mol. The molecule has 0 amide bonds. The highest BCUT2D eigenvalue weighted by Gasteiger charge is 2.15. The van der Waals surface area contributed by atoms with Crippen LogP contribution >= 0.6 is 63.7 Å². The van der Waals surface area contributed by atoms with E-state index in [9.17, 15) is 20.4 Å². The molecule has 5 nitrogen and oxygen atoms in total. The molecule has 0 saturated heterocycles. The molecule has 0 aliphatic rings. The van der Waals surface area contributed by atoms with Gasteiger partial charge in [-0.25, -0.2) is 0 Å². The Bertz CT molecular complexity index is 730. The van der Waals surface area contributed by atoms with Crippen LogP contribution in [0.5, 0.6) is 23.0 Å². The third-order valence-corrected chi connectivity index (χ3v) is 7.92. The fraction of sp³-hybridized carbons (Fsp3) is 0.250. The largest absolute Gasteiger partial charge is 0.504 e. The number of ether oxygens (including phenoxy) is 1. The second-order valence-corrected chi connectivity index (χ2v) is 8.35. The van der Waals surface area contributed by atoms with Crippen molar-refractivity contribution in [2.45, 2.75) is 12.8 Å². The number of phenolic OH excluding ortho intramolecular Hbond substituents is 4.